The molecule has 2 aromatic carbocycles. The smallest absolute Gasteiger partial charge is 0.256 e. The second-order valence-corrected chi connectivity index (χ2v) is 9.35. The van der Waals surface area contributed by atoms with E-state index in [9.17, 15) is 4.79 Å². The van der Waals surface area contributed by atoms with Crippen LogP contribution in [-0.4, -0.2) is 15.9 Å². The molecule has 7 heteroatoms. The zero-order valence-electron chi connectivity index (χ0n) is 18.7. The Hall–Kier alpha value is -3.22. The van der Waals surface area contributed by atoms with Crippen molar-refractivity contribution in [2.45, 2.75) is 33.2 Å². The highest BCUT2D eigenvalue weighted by molar-refractivity contribution is 7.16. The molecule has 0 aliphatic rings. The third-order valence-corrected chi connectivity index (χ3v) is 6.66. The molecule has 0 radical (unpaired) electrons. The van der Waals surface area contributed by atoms with Crippen molar-refractivity contribution < 1.29 is 4.79 Å². The largest absolute Gasteiger partial charge is 0.343 e. The van der Waals surface area contributed by atoms with Crippen LogP contribution in [0.1, 0.15) is 50.7 Å². The van der Waals surface area contributed by atoms with Crippen LogP contribution in [0, 0.1) is 13.8 Å². The number of halogens is 1. The highest BCUT2D eigenvalue weighted by Gasteiger charge is 2.23. The molecular formula is C26H25ClN4OS. The van der Waals surface area contributed by atoms with E-state index in [1.807, 2.05) is 74.5 Å². The van der Waals surface area contributed by atoms with Crippen molar-refractivity contribution in [1.82, 2.24) is 9.97 Å². The molecule has 0 aliphatic heterocycles. The number of amides is 1. The second-order valence-electron chi connectivity index (χ2n) is 7.77. The number of hydrogen-bond donors (Lipinski definition) is 2. The first-order valence-electron chi connectivity index (χ1n) is 10.8. The SMILES string of the molecule is CCc1cc([C@H](Nc2nc(C)cc(C)n2)c2ccc(Cl)cc2)c(NC(=O)c2ccccc2)s1. The fraction of sp³-hybridized carbons (Fsp3) is 0.192. The van der Waals surface area contributed by atoms with Gasteiger partial charge in [-0.3, -0.25) is 4.79 Å². The van der Waals surface area contributed by atoms with Crippen LogP contribution < -0.4 is 10.6 Å². The minimum atomic E-state index is -0.272. The molecule has 2 N–H and O–H groups in total. The molecule has 0 aliphatic carbocycles. The number of benzene rings is 2. The van der Waals surface area contributed by atoms with E-state index in [2.05, 4.69) is 33.6 Å². The molecule has 0 spiro atoms. The Morgan fingerprint density at radius 2 is 1.67 bits per heavy atom. The minimum absolute atomic E-state index is 0.140. The maximum atomic E-state index is 12.9. The van der Waals surface area contributed by atoms with E-state index in [0.717, 1.165) is 33.9 Å². The van der Waals surface area contributed by atoms with Gasteiger partial charge in [0, 0.05) is 32.4 Å². The third kappa shape index (κ3) is 5.59. The second kappa shape index (κ2) is 10.1. The molecule has 4 aromatic rings. The number of thiophene rings is 1. The van der Waals surface area contributed by atoms with Gasteiger partial charge in [-0.25, -0.2) is 9.97 Å². The number of hydrogen-bond acceptors (Lipinski definition) is 5. The van der Waals surface area contributed by atoms with Gasteiger partial charge in [0.2, 0.25) is 5.95 Å². The maximum Gasteiger partial charge on any atom is 0.256 e. The average molecular weight is 477 g/mol. The molecule has 5 nitrogen and oxygen atoms in total. The summed E-state index contributed by atoms with van der Waals surface area (Å²) < 4.78 is 0. The zero-order chi connectivity index (χ0) is 23.4. The first kappa shape index (κ1) is 23.0. The fourth-order valence-corrected chi connectivity index (χ4v) is 4.78. The minimum Gasteiger partial charge on any atom is -0.343 e. The number of anilines is 2. The Labute approximate surface area is 202 Å². The van der Waals surface area contributed by atoms with E-state index in [0.29, 0.717) is 16.5 Å². The van der Waals surface area contributed by atoms with Crippen LogP contribution in [0.2, 0.25) is 5.02 Å². The highest BCUT2D eigenvalue weighted by atomic mass is 35.5. The Balaban J connectivity index is 1.76. The lowest BCUT2D eigenvalue weighted by atomic mass is 10.00. The van der Waals surface area contributed by atoms with Gasteiger partial charge in [-0.1, -0.05) is 48.9 Å². The molecule has 0 saturated carbocycles. The topological polar surface area (TPSA) is 66.9 Å². The van der Waals surface area contributed by atoms with Gasteiger partial charge in [-0.15, -0.1) is 11.3 Å². The van der Waals surface area contributed by atoms with E-state index < -0.39 is 0 Å². The molecular weight excluding hydrogens is 452 g/mol. The Bertz CT molecular complexity index is 1240. The van der Waals surface area contributed by atoms with E-state index in [-0.39, 0.29) is 11.9 Å². The predicted octanol–water partition coefficient (Wildman–Crippen LogP) is 6.82. The summed E-state index contributed by atoms with van der Waals surface area (Å²) >= 11 is 7.75. The predicted molar refractivity (Wildman–Crippen MR) is 137 cm³/mol. The summed E-state index contributed by atoms with van der Waals surface area (Å²) in [6, 6.07) is 20.7. The highest BCUT2D eigenvalue weighted by Crippen LogP contribution is 2.38. The summed E-state index contributed by atoms with van der Waals surface area (Å²) in [4.78, 5) is 23.3. The summed E-state index contributed by atoms with van der Waals surface area (Å²) in [5.74, 6) is 0.399. The Morgan fingerprint density at radius 3 is 2.30 bits per heavy atom. The monoisotopic (exact) mass is 476 g/mol. The Morgan fingerprint density at radius 1 is 1.00 bits per heavy atom. The van der Waals surface area contributed by atoms with Gasteiger partial charge in [-0.2, -0.15) is 0 Å². The van der Waals surface area contributed by atoms with Crippen molar-refractivity contribution in [3.05, 3.63) is 105 Å². The molecule has 0 saturated heterocycles. The summed E-state index contributed by atoms with van der Waals surface area (Å²) in [7, 11) is 0. The molecule has 1 amide bonds. The number of carbonyl (C=O) groups is 1. The van der Waals surface area contributed by atoms with Gasteiger partial charge in [0.15, 0.2) is 0 Å². The molecule has 2 aromatic heterocycles. The van der Waals surface area contributed by atoms with Gasteiger partial charge >= 0.3 is 0 Å². The molecule has 0 bridgehead atoms. The number of carbonyl (C=O) groups excluding carboxylic acids is 1. The Kier molecular flexibility index (Phi) is 7.06. The van der Waals surface area contributed by atoms with Gasteiger partial charge in [0.25, 0.3) is 5.91 Å². The van der Waals surface area contributed by atoms with Crippen molar-refractivity contribution in [3.8, 4) is 0 Å². The molecule has 1 atom stereocenters. The number of nitrogens with one attached hydrogen (secondary N) is 2. The maximum absolute atomic E-state index is 12.9. The average Bonchev–Trinajstić information content (AvgIpc) is 3.20. The van der Waals surface area contributed by atoms with Crippen LogP contribution in [0.5, 0.6) is 0 Å². The van der Waals surface area contributed by atoms with Gasteiger partial charge in [-0.05, 0) is 62.2 Å². The third-order valence-electron chi connectivity index (χ3n) is 5.19. The van der Waals surface area contributed by atoms with Crippen molar-refractivity contribution in [3.63, 3.8) is 0 Å². The lowest BCUT2D eigenvalue weighted by Crippen LogP contribution is -2.18. The van der Waals surface area contributed by atoms with Crippen molar-refractivity contribution in [2.24, 2.45) is 0 Å². The van der Waals surface area contributed by atoms with E-state index in [1.54, 1.807) is 11.3 Å². The summed E-state index contributed by atoms with van der Waals surface area (Å²) in [6.45, 7) is 6.00. The first-order valence-corrected chi connectivity index (χ1v) is 12.0. The van der Waals surface area contributed by atoms with E-state index in [1.165, 1.54) is 4.88 Å². The standard InChI is InChI=1S/C26H25ClN4OS/c1-4-21-15-22(25(33-21)31-24(32)19-8-6-5-7-9-19)23(18-10-12-20(27)13-11-18)30-26-28-16(2)14-17(3)29-26/h5-15,23H,4H2,1-3H3,(H,31,32)(H,28,29,30)/t23-/m1/s1. The van der Waals surface area contributed by atoms with E-state index >= 15 is 0 Å². The first-order chi connectivity index (χ1) is 15.9. The molecule has 2 heterocycles. The van der Waals surface area contributed by atoms with Crippen LogP contribution in [0.4, 0.5) is 10.9 Å². The lowest BCUT2D eigenvalue weighted by molar-refractivity contribution is 0.102. The van der Waals surface area contributed by atoms with Gasteiger partial charge in [0.1, 0.15) is 5.00 Å². The summed E-state index contributed by atoms with van der Waals surface area (Å²) in [5, 5.41) is 8.09. The normalized spacial score (nSPS) is 11.8. The van der Waals surface area contributed by atoms with Crippen molar-refractivity contribution in [1.29, 1.82) is 0 Å². The molecule has 0 unspecified atom stereocenters. The van der Waals surface area contributed by atoms with Crippen molar-refractivity contribution >= 4 is 39.8 Å². The molecule has 0 fully saturated rings. The van der Waals surface area contributed by atoms with Gasteiger partial charge < -0.3 is 10.6 Å². The molecule has 4 rings (SSSR count). The van der Waals surface area contributed by atoms with Crippen LogP contribution in [0.25, 0.3) is 0 Å². The number of rotatable bonds is 7. The van der Waals surface area contributed by atoms with Crippen LogP contribution in [-0.2, 0) is 6.42 Å². The van der Waals surface area contributed by atoms with Crippen LogP contribution in [0.15, 0.2) is 66.7 Å². The fourth-order valence-electron chi connectivity index (χ4n) is 3.63. The zero-order valence-corrected chi connectivity index (χ0v) is 20.3. The van der Waals surface area contributed by atoms with Crippen LogP contribution >= 0.6 is 22.9 Å². The van der Waals surface area contributed by atoms with E-state index in [4.69, 9.17) is 11.6 Å². The summed E-state index contributed by atoms with van der Waals surface area (Å²) in [6.07, 6.45) is 0.867. The van der Waals surface area contributed by atoms with Gasteiger partial charge in [0.05, 0.1) is 6.04 Å². The quantitative estimate of drug-likeness (QED) is 0.307. The van der Waals surface area contributed by atoms with Crippen molar-refractivity contribution in [2.75, 3.05) is 10.6 Å². The molecule has 33 heavy (non-hydrogen) atoms. The number of aryl methyl sites for hydroxylation is 3. The lowest BCUT2D eigenvalue weighted by Gasteiger charge is -2.21. The number of nitrogens with zero attached hydrogens (tertiary/aromatic N) is 2. The summed E-state index contributed by atoms with van der Waals surface area (Å²) in [5.41, 5.74) is 4.35. The number of aromatic nitrogens is 2. The molecule has 168 valence electrons. The van der Waals surface area contributed by atoms with Crippen LogP contribution in [0.3, 0.4) is 0 Å².